The van der Waals surface area contributed by atoms with E-state index in [0.29, 0.717) is 5.69 Å². The molecule has 0 aliphatic carbocycles. The molecule has 0 heterocycles. The van der Waals surface area contributed by atoms with Crippen LogP contribution in [-0.4, -0.2) is 20.9 Å². The van der Waals surface area contributed by atoms with Crippen LogP contribution in [0.3, 0.4) is 0 Å². The average Bonchev–Trinajstić information content (AvgIpc) is 2.72. The van der Waals surface area contributed by atoms with Crippen LogP contribution in [0.1, 0.15) is 35.2 Å². The maximum atomic E-state index is 13.4. The Morgan fingerprint density at radius 2 is 1.58 bits per heavy atom. The molecular weight excluding hydrogens is 408 g/mol. The van der Waals surface area contributed by atoms with Gasteiger partial charge in [0.2, 0.25) is 5.91 Å². The monoisotopic (exact) mass is 436 g/mol. The van der Waals surface area contributed by atoms with Gasteiger partial charge in [0.25, 0.3) is 10.0 Å². The van der Waals surface area contributed by atoms with Gasteiger partial charge in [0.15, 0.2) is 0 Å². The number of nitrogens with zero attached hydrogens (tertiary/aromatic N) is 1. The first-order valence-corrected chi connectivity index (χ1v) is 11.6. The molecule has 0 spiro atoms. The maximum Gasteiger partial charge on any atom is 0.264 e. The number of hydrogen-bond donors (Lipinski definition) is 1. The number of hydrogen-bond acceptors (Lipinski definition) is 3. The third-order valence-electron chi connectivity index (χ3n) is 5.18. The van der Waals surface area contributed by atoms with E-state index in [1.807, 2.05) is 45.9 Å². The SMILES string of the molecule is Cc1cccc(N(CC(=O)NC(C)c2ccc(C)cc2C)S(=O)(=O)c2ccccc2)c1. The minimum Gasteiger partial charge on any atom is -0.348 e. The molecule has 6 heteroatoms. The molecule has 0 aliphatic heterocycles. The van der Waals surface area contributed by atoms with Crippen molar-refractivity contribution in [3.05, 3.63) is 95.1 Å². The number of benzene rings is 3. The predicted octanol–water partition coefficient (Wildman–Crippen LogP) is 4.68. The summed E-state index contributed by atoms with van der Waals surface area (Å²) in [5, 5.41) is 2.95. The molecule has 0 fully saturated rings. The lowest BCUT2D eigenvalue weighted by Gasteiger charge is -2.25. The molecule has 0 aliphatic rings. The summed E-state index contributed by atoms with van der Waals surface area (Å²) in [7, 11) is -3.91. The fourth-order valence-electron chi connectivity index (χ4n) is 3.62. The van der Waals surface area contributed by atoms with Gasteiger partial charge in [-0.1, -0.05) is 54.1 Å². The van der Waals surface area contributed by atoms with Gasteiger partial charge in [0.05, 0.1) is 16.6 Å². The first-order chi connectivity index (χ1) is 14.7. The van der Waals surface area contributed by atoms with Crippen LogP contribution in [0, 0.1) is 20.8 Å². The summed E-state index contributed by atoms with van der Waals surface area (Å²) in [6, 6.07) is 21.1. The third kappa shape index (κ3) is 5.33. The molecule has 1 amide bonds. The lowest BCUT2D eigenvalue weighted by molar-refractivity contribution is -0.120. The molecule has 1 unspecified atom stereocenters. The molecule has 0 aromatic heterocycles. The van der Waals surface area contributed by atoms with E-state index in [1.165, 1.54) is 16.4 Å². The Kier molecular flexibility index (Phi) is 6.81. The molecule has 162 valence electrons. The van der Waals surface area contributed by atoms with Crippen LogP contribution in [0.5, 0.6) is 0 Å². The summed E-state index contributed by atoms with van der Waals surface area (Å²) >= 11 is 0. The van der Waals surface area contributed by atoms with Crippen LogP contribution in [0.25, 0.3) is 0 Å². The molecule has 5 nitrogen and oxygen atoms in total. The van der Waals surface area contributed by atoms with Crippen LogP contribution in [-0.2, 0) is 14.8 Å². The Labute approximate surface area is 184 Å². The van der Waals surface area contributed by atoms with Crippen LogP contribution < -0.4 is 9.62 Å². The van der Waals surface area contributed by atoms with Crippen molar-refractivity contribution in [1.29, 1.82) is 0 Å². The summed E-state index contributed by atoms with van der Waals surface area (Å²) < 4.78 is 27.9. The zero-order valence-electron chi connectivity index (χ0n) is 18.3. The van der Waals surface area contributed by atoms with Crippen molar-refractivity contribution in [2.45, 2.75) is 38.6 Å². The fraction of sp³-hybridized carbons (Fsp3) is 0.240. The summed E-state index contributed by atoms with van der Waals surface area (Å²) in [4.78, 5) is 13.1. The molecule has 1 atom stereocenters. The second-order valence-corrected chi connectivity index (χ2v) is 9.68. The Bertz CT molecular complexity index is 1170. The molecule has 31 heavy (non-hydrogen) atoms. The van der Waals surface area contributed by atoms with Gasteiger partial charge < -0.3 is 5.32 Å². The van der Waals surface area contributed by atoms with Gasteiger partial charge in [-0.05, 0) is 68.7 Å². The Morgan fingerprint density at radius 3 is 2.23 bits per heavy atom. The Morgan fingerprint density at radius 1 is 0.903 bits per heavy atom. The highest BCUT2D eigenvalue weighted by atomic mass is 32.2. The van der Waals surface area contributed by atoms with Gasteiger partial charge >= 0.3 is 0 Å². The largest absolute Gasteiger partial charge is 0.348 e. The highest BCUT2D eigenvalue weighted by molar-refractivity contribution is 7.92. The molecule has 0 radical (unpaired) electrons. The Balaban J connectivity index is 1.89. The lowest BCUT2D eigenvalue weighted by Crippen LogP contribution is -2.41. The van der Waals surface area contributed by atoms with E-state index < -0.39 is 10.0 Å². The van der Waals surface area contributed by atoms with E-state index in [2.05, 4.69) is 11.4 Å². The number of anilines is 1. The number of nitrogens with one attached hydrogen (secondary N) is 1. The van der Waals surface area contributed by atoms with Gasteiger partial charge in [0, 0.05) is 0 Å². The minimum absolute atomic E-state index is 0.145. The highest BCUT2D eigenvalue weighted by Gasteiger charge is 2.27. The standard InChI is InChI=1S/C25H28N2O3S/c1-18-9-8-10-22(16-18)27(31(29,30)23-11-6-5-7-12-23)17-25(28)26-21(4)24-14-13-19(2)15-20(24)3/h5-16,21H,17H2,1-4H3,(H,26,28). The van der Waals surface area contributed by atoms with Crippen molar-refractivity contribution in [1.82, 2.24) is 5.32 Å². The van der Waals surface area contributed by atoms with Gasteiger partial charge in [-0.15, -0.1) is 0 Å². The first kappa shape index (κ1) is 22.6. The topological polar surface area (TPSA) is 66.5 Å². The Hall–Kier alpha value is -3.12. The number of carbonyl (C=O) groups is 1. The number of amides is 1. The molecule has 0 saturated heterocycles. The van der Waals surface area contributed by atoms with E-state index in [-0.39, 0.29) is 23.4 Å². The van der Waals surface area contributed by atoms with Crippen LogP contribution in [0.4, 0.5) is 5.69 Å². The molecule has 3 aromatic rings. The second kappa shape index (κ2) is 9.35. The second-order valence-electron chi connectivity index (χ2n) is 7.81. The zero-order chi connectivity index (χ0) is 22.6. The number of sulfonamides is 1. The van der Waals surface area contributed by atoms with Gasteiger partial charge in [-0.3, -0.25) is 9.10 Å². The van der Waals surface area contributed by atoms with E-state index in [0.717, 1.165) is 22.3 Å². The average molecular weight is 437 g/mol. The predicted molar refractivity (Wildman–Crippen MR) is 125 cm³/mol. The summed E-state index contributed by atoms with van der Waals surface area (Å²) in [6.07, 6.45) is 0. The zero-order valence-corrected chi connectivity index (χ0v) is 19.1. The van der Waals surface area contributed by atoms with Gasteiger partial charge in [0.1, 0.15) is 6.54 Å². The summed E-state index contributed by atoms with van der Waals surface area (Å²) in [5.74, 6) is -0.367. The number of carbonyl (C=O) groups excluding carboxylic acids is 1. The van der Waals surface area contributed by atoms with Crippen molar-refractivity contribution in [3.63, 3.8) is 0 Å². The van der Waals surface area contributed by atoms with Crippen molar-refractivity contribution in [3.8, 4) is 0 Å². The van der Waals surface area contributed by atoms with Crippen molar-refractivity contribution < 1.29 is 13.2 Å². The lowest BCUT2D eigenvalue weighted by atomic mass is 10.0. The van der Waals surface area contributed by atoms with E-state index in [9.17, 15) is 13.2 Å². The molecular formula is C25H28N2O3S. The van der Waals surface area contributed by atoms with E-state index >= 15 is 0 Å². The molecule has 1 N–H and O–H groups in total. The number of rotatable bonds is 7. The molecule has 0 saturated carbocycles. The first-order valence-electron chi connectivity index (χ1n) is 10.2. The molecule has 3 rings (SSSR count). The van der Waals surface area contributed by atoms with E-state index in [4.69, 9.17) is 0 Å². The highest BCUT2D eigenvalue weighted by Crippen LogP contribution is 2.25. The number of aryl methyl sites for hydroxylation is 3. The van der Waals surface area contributed by atoms with Crippen molar-refractivity contribution >= 4 is 21.6 Å². The van der Waals surface area contributed by atoms with E-state index in [1.54, 1.807) is 36.4 Å². The summed E-state index contributed by atoms with van der Waals surface area (Å²) in [6.45, 7) is 7.51. The third-order valence-corrected chi connectivity index (χ3v) is 6.97. The summed E-state index contributed by atoms with van der Waals surface area (Å²) in [5.41, 5.74) is 4.61. The van der Waals surface area contributed by atoms with Gasteiger partial charge in [-0.2, -0.15) is 0 Å². The smallest absolute Gasteiger partial charge is 0.264 e. The molecule has 3 aromatic carbocycles. The molecule has 0 bridgehead atoms. The maximum absolute atomic E-state index is 13.4. The van der Waals surface area contributed by atoms with Crippen LogP contribution in [0.2, 0.25) is 0 Å². The quantitative estimate of drug-likeness (QED) is 0.585. The van der Waals surface area contributed by atoms with Gasteiger partial charge in [-0.25, -0.2) is 8.42 Å². The normalized spacial score (nSPS) is 12.3. The van der Waals surface area contributed by atoms with Crippen molar-refractivity contribution in [2.75, 3.05) is 10.8 Å². The minimum atomic E-state index is -3.91. The fourth-order valence-corrected chi connectivity index (χ4v) is 5.06. The van der Waals surface area contributed by atoms with Crippen molar-refractivity contribution in [2.24, 2.45) is 0 Å². The van der Waals surface area contributed by atoms with Crippen LogP contribution in [0.15, 0.2) is 77.7 Å². The van der Waals surface area contributed by atoms with Crippen LogP contribution >= 0.6 is 0 Å².